The molecule has 0 saturated carbocycles. The van der Waals surface area contributed by atoms with E-state index in [0.717, 1.165) is 28.6 Å². The fraction of sp³-hybridized carbons (Fsp3) is 0.273. The van der Waals surface area contributed by atoms with Crippen molar-refractivity contribution in [2.24, 2.45) is 5.16 Å². The summed E-state index contributed by atoms with van der Waals surface area (Å²) in [5, 5.41) is 6.81. The van der Waals surface area contributed by atoms with Crippen LogP contribution in [0.15, 0.2) is 47.8 Å². The minimum atomic E-state index is -5.05. The summed E-state index contributed by atoms with van der Waals surface area (Å²) >= 11 is 11.7. The Labute approximate surface area is 205 Å². The minimum Gasteiger partial charge on any atom is -0.399 e. The molecule has 186 valence electrons. The topological polar surface area (TPSA) is 65.4 Å². The van der Waals surface area contributed by atoms with Crippen molar-refractivity contribution in [1.29, 1.82) is 0 Å². The number of hydrogen-bond acceptors (Lipinski definition) is 4. The van der Waals surface area contributed by atoms with Gasteiger partial charge in [-0.1, -0.05) is 40.5 Å². The Hall–Kier alpha value is -2.92. The molecular formula is C22H16Cl2F6N4O. The summed E-state index contributed by atoms with van der Waals surface area (Å²) in [5.74, 6) is 0. The van der Waals surface area contributed by atoms with E-state index >= 15 is 0 Å². The summed E-state index contributed by atoms with van der Waals surface area (Å²) in [7, 11) is 0. The van der Waals surface area contributed by atoms with Crippen LogP contribution in [0.5, 0.6) is 0 Å². The van der Waals surface area contributed by atoms with E-state index in [1.54, 1.807) is 25.1 Å². The molecule has 35 heavy (non-hydrogen) atoms. The summed E-state index contributed by atoms with van der Waals surface area (Å²) in [5.41, 5.74) is 1.47. The number of nitrogens with zero attached hydrogens (tertiary/aromatic N) is 3. The molecule has 0 radical (unpaired) electrons. The van der Waals surface area contributed by atoms with Gasteiger partial charge in [0.05, 0.1) is 24.2 Å². The van der Waals surface area contributed by atoms with Gasteiger partial charge < -0.3 is 10.6 Å². The second-order valence-corrected chi connectivity index (χ2v) is 8.94. The van der Waals surface area contributed by atoms with Crippen LogP contribution in [0.25, 0.3) is 0 Å². The zero-order chi connectivity index (χ0) is 25.8. The molecule has 2 heterocycles. The number of nitrogen functional groups attached to an aromatic ring is 1. The Kier molecular flexibility index (Phi) is 6.21. The molecule has 1 atom stereocenters. The maximum absolute atomic E-state index is 14.2. The normalized spacial score (nSPS) is 18.5. The number of alkyl halides is 6. The predicted octanol–water partition coefficient (Wildman–Crippen LogP) is 6.73. The first kappa shape index (κ1) is 25.2. The summed E-state index contributed by atoms with van der Waals surface area (Å²) < 4.78 is 85.0. The van der Waals surface area contributed by atoms with Gasteiger partial charge in [0.2, 0.25) is 0 Å². The smallest absolute Gasteiger partial charge is 0.399 e. The summed E-state index contributed by atoms with van der Waals surface area (Å²) in [4.78, 5) is 4.82. The third kappa shape index (κ3) is 4.79. The molecule has 13 heteroatoms. The number of hydrogen-bond donors (Lipinski definition) is 1. The number of aryl methyl sites for hydroxylation is 1. The first-order chi connectivity index (χ1) is 16.2. The van der Waals surface area contributed by atoms with Gasteiger partial charge in [-0.3, -0.25) is 4.68 Å². The van der Waals surface area contributed by atoms with Crippen LogP contribution >= 0.6 is 23.2 Å². The van der Waals surface area contributed by atoms with Crippen molar-refractivity contribution in [1.82, 2.24) is 9.78 Å². The number of anilines is 1. The molecule has 0 aliphatic carbocycles. The number of aromatic nitrogens is 2. The molecule has 0 bridgehead atoms. The molecule has 0 fully saturated rings. The van der Waals surface area contributed by atoms with Crippen LogP contribution in [0, 0.1) is 6.92 Å². The lowest BCUT2D eigenvalue weighted by Crippen LogP contribution is -2.42. The van der Waals surface area contributed by atoms with Gasteiger partial charge >= 0.3 is 12.4 Å². The Morgan fingerprint density at radius 3 is 2.29 bits per heavy atom. The van der Waals surface area contributed by atoms with Crippen molar-refractivity contribution in [3.05, 3.63) is 80.6 Å². The summed E-state index contributed by atoms with van der Waals surface area (Å²) in [6, 6.07) is 8.08. The van der Waals surface area contributed by atoms with Crippen LogP contribution < -0.4 is 5.73 Å². The third-order valence-electron chi connectivity index (χ3n) is 5.53. The minimum absolute atomic E-state index is 0.0767. The highest BCUT2D eigenvalue weighted by Crippen LogP contribution is 2.50. The molecule has 2 aromatic carbocycles. The lowest BCUT2D eigenvalue weighted by molar-refractivity contribution is -0.275. The van der Waals surface area contributed by atoms with Crippen LogP contribution in [-0.2, 0) is 23.2 Å². The van der Waals surface area contributed by atoms with E-state index in [2.05, 4.69) is 10.3 Å². The average Bonchev–Trinajstić information content (AvgIpc) is 3.35. The quantitative estimate of drug-likeness (QED) is 0.297. The van der Waals surface area contributed by atoms with E-state index in [1.807, 2.05) is 0 Å². The largest absolute Gasteiger partial charge is 0.435 e. The predicted molar refractivity (Wildman–Crippen MR) is 118 cm³/mol. The molecule has 1 aromatic heterocycles. The van der Waals surface area contributed by atoms with Crippen molar-refractivity contribution < 1.29 is 31.2 Å². The fourth-order valence-electron chi connectivity index (χ4n) is 3.78. The SMILES string of the molecule is Cc1cc(Cn2cc(C3=NOC(c4cc(Cl)cc(Cl)c4)(C(F)(F)F)C3)c(C(F)(F)F)n2)ccc1N. The summed E-state index contributed by atoms with van der Waals surface area (Å²) in [6.07, 6.45) is -10.1. The lowest BCUT2D eigenvalue weighted by Gasteiger charge is -2.29. The van der Waals surface area contributed by atoms with Gasteiger partial charge in [0.25, 0.3) is 5.60 Å². The highest BCUT2D eigenvalue weighted by molar-refractivity contribution is 6.34. The van der Waals surface area contributed by atoms with Gasteiger partial charge in [-0.2, -0.15) is 31.4 Å². The number of nitrogens with two attached hydrogens (primary N) is 1. The molecule has 1 aliphatic rings. The highest BCUT2D eigenvalue weighted by Gasteiger charge is 2.63. The van der Waals surface area contributed by atoms with E-state index in [1.165, 1.54) is 6.07 Å². The van der Waals surface area contributed by atoms with E-state index in [4.69, 9.17) is 33.8 Å². The van der Waals surface area contributed by atoms with Crippen LogP contribution in [0.3, 0.4) is 0 Å². The van der Waals surface area contributed by atoms with Gasteiger partial charge in [0.15, 0.2) is 5.69 Å². The van der Waals surface area contributed by atoms with Crippen molar-refractivity contribution in [2.45, 2.75) is 37.8 Å². The van der Waals surface area contributed by atoms with E-state index in [-0.39, 0.29) is 16.6 Å². The van der Waals surface area contributed by atoms with Gasteiger partial charge in [-0.15, -0.1) is 0 Å². The van der Waals surface area contributed by atoms with Gasteiger partial charge in [-0.05, 0) is 42.3 Å². The van der Waals surface area contributed by atoms with Crippen molar-refractivity contribution in [3.63, 3.8) is 0 Å². The molecule has 0 spiro atoms. The average molecular weight is 537 g/mol. The Morgan fingerprint density at radius 1 is 1.06 bits per heavy atom. The molecular weight excluding hydrogens is 521 g/mol. The second kappa shape index (κ2) is 8.63. The highest BCUT2D eigenvalue weighted by atomic mass is 35.5. The molecule has 5 nitrogen and oxygen atoms in total. The molecule has 0 amide bonds. The van der Waals surface area contributed by atoms with Gasteiger partial charge in [0, 0.05) is 27.5 Å². The fourth-order valence-corrected chi connectivity index (χ4v) is 4.31. The standard InChI is InChI=1S/C22H16Cl2F6N4O/c1-11-4-12(2-3-17(11)31)9-34-10-16(19(32-34)21(25,26)27)18-8-20(35-33-18,22(28,29)30)13-5-14(23)7-15(24)6-13/h2-7,10H,8-9,31H2,1H3. The van der Waals surface area contributed by atoms with Crippen LogP contribution in [0.1, 0.15) is 34.4 Å². The Bertz CT molecular complexity index is 1300. The van der Waals surface area contributed by atoms with Crippen molar-refractivity contribution >= 4 is 34.6 Å². The molecule has 2 N–H and O–H groups in total. The molecule has 3 aromatic rings. The number of rotatable bonds is 4. The zero-order valence-electron chi connectivity index (χ0n) is 17.8. The van der Waals surface area contributed by atoms with Crippen LogP contribution in [-0.4, -0.2) is 21.7 Å². The molecule has 1 unspecified atom stereocenters. The lowest BCUT2D eigenvalue weighted by atomic mass is 9.86. The Morgan fingerprint density at radius 2 is 1.71 bits per heavy atom. The second-order valence-electron chi connectivity index (χ2n) is 8.07. The molecule has 1 aliphatic heterocycles. The maximum Gasteiger partial charge on any atom is 0.435 e. The van der Waals surface area contributed by atoms with E-state index in [9.17, 15) is 26.3 Å². The van der Waals surface area contributed by atoms with Gasteiger partial charge in [-0.25, -0.2) is 0 Å². The summed E-state index contributed by atoms with van der Waals surface area (Å²) in [6.45, 7) is 1.66. The monoisotopic (exact) mass is 536 g/mol. The van der Waals surface area contributed by atoms with Crippen LogP contribution in [0.2, 0.25) is 10.0 Å². The van der Waals surface area contributed by atoms with Gasteiger partial charge in [0.1, 0.15) is 0 Å². The molecule has 0 saturated heterocycles. The Balaban J connectivity index is 1.74. The van der Waals surface area contributed by atoms with E-state index < -0.39 is 46.9 Å². The first-order valence-electron chi connectivity index (χ1n) is 9.98. The van der Waals surface area contributed by atoms with Crippen LogP contribution in [0.4, 0.5) is 32.0 Å². The number of halogens is 8. The van der Waals surface area contributed by atoms with Crippen molar-refractivity contribution in [3.8, 4) is 0 Å². The number of benzene rings is 2. The molecule has 4 rings (SSSR count). The van der Waals surface area contributed by atoms with Crippen molar-refractivity contribution in [2.75, 3.05) is 5.73 Å². The van der Waals surface area contributed by atoms with E-state index in [0.29, 0.717) is 11.3 Å². The first-order valence-corrected chi connectivity index (χ1v) is 10.7. The maximum atomic E-state index is 14.2. The number of oxime groups is 1. The zero-order valence-corrected chi connectivity index (χ0v) is 19.3. The third-order valence-corrected chi connectivity index (χ3v) is 5.97.